The zero-order valence-electron chi connectivity index (χ0n) is 10.6. The molecule has 7 nitrogen and oxygen atoms in total. The first kappa shape index (κ1) is 12.9. The van der Waals surface area contributed by atoms with Gasteiger partial charge in [0.1, 0.15) is 5.75 Å². The van der Waals surface area contributed by atoms with Gasteiger partial charge in [-0.3, -0.25) is 4.79 Å². The van der Waals surface area contributed by atoms with Gasteiger partial charge in [-0.1, -0.05) is 0 Å². The van der Waals surface area contributed by atoms with Crippen LogP contribution in [-0.2, 0) is 0 Å². The minimum Gasteiger partial charge on any atom is -0.491 e. The highest BCUT2D eigenvalue weighted by atomic mass is 16.6. The third-order valence-electron chi connectivity index (χ3n) is 2.21. The van der Waals surface area contributed by atoms with Gasteiger partial charge >= 0.3 is 0 Å². The average molecular weight is 262 g/mol. The average Bonchev–Trinajstić information content (AvgIpc) is 2.77. The van der Waals surface area contributed by atoms with E-state index < -0.39 is 5.91 Å². The normalized spacial score (nSPS) is 10.5. The second kappa shape index (κ2) is 5.38. The lowest BCUT2D eigenvalue weighted by Gasteiger charge is -2.10. The molecule has 0 unspecified atom stereocenters. The summed E-state index contributed by atoms with van der Waals surface area (Å²) in [6, 6.07) is 6.97. The molecule has 0 aliphatic rings. The molecule has 0 fully saturated rings. The Hall–Kier alpha value is -2.57. The summed E-state index contributed by atoms with van der Waals surface area (Å²) in [6.45, 7) is 3.88. The van der Waals surface area contributed by atoms with Crippen molar-refractivity contribution in [3.8, 4) is 5.75 Å². The first-order valence-corrected chi connectivity index (χ1v) is 5.72. The van der Waals surface area contributed by atoms with Crippen LogP contribution >= 0.6 is 0 Å². The van der Waals surface area contributed by atoms with Crippen molar-refractivity contribution >= 4 is 17.4 Å². The summed E-state index contributed by atoms with van der Waals surface area (Å²) in [5, 5.41) is 9.39. The standard InChI is InChI=1S/C12H14N4O3/c1-7(2)18-9-5-3-8(4-6-9)14-12(17)10-11(13)16-19-15-10/h3-7H,1-2H3,(H2,13,16)(H,14,17). The van der Waals surface area contributed by atoms with Crippen molar-refractivity contribution in [3.05, 3.63) is 30.0 Å². The van der Waals surface area contributed by atoms with E-state index >= 15 is 0 Å². The molecule has 1 heterocycles. The topological polar surface area (TPSA) is 103 Å². The predicted molar refractivity (Wildman–Crippen MR) is 68.9 cm³/mol. The van der Waals surface area contributed by atoms with Crippen molar-refractivity contribution < 1.29 is 14.2 Å². The highest BCUT2D eigenvalue weighted by Crippen LogP contribution is 2.17. The van der Waals surface area contributed by atoms with Crippen LogP contribution in [0.25, 0.3) is 0 Å². The maximum Gasteiger partial charge on any atom is 0.281 e. The Bertz CT molecular complexity index is 563. The Morgan fingerprint density at radius 3 is 2.53 bits per heavy atom. The van der Waals surface area contributed by atoms with Gasteiger partial charge in [0.25, 0.3) is 5.91 Å². The number of hydrogen-bond donors (Lipinski definition) is 2. The molecule has 1 amide bonds. The summed E-state index contributed by atoms with van der Waals surface area (Å²) in [7, 11) is 0. The molecule has 3 N–H and O–H groups in total. The minimum atomic E-state index is -0.476. The third-order valence-corrected chi connectivity index (χ3v) is 2.21. The summed E-state index contributed by atoms with van der Waals surface area (Å²) in [5.74, 6) is 0.212. The Balaban J connectivity index is 2.04. The van der Waals surface area contributed by atoms with Gasteiger partial charge < -0.3 is 15.8 Å². The molecule has 2 aromatic rings. The number of nitrogens with zero attached hydrogens (tertiary/aromatic N) is 2. The summed E-state index contributed by atoms with van der Waals surface area (Å²) in [4.78, 5) is 11.8. The van der Waals surface area contributed by atoms with E-state index in [4.69, 9.17) is 10.5 Å². The molecule has 0 saturated heterocycles. The molecular formula is C12H14N4O3. The van der Waals surface area contributed by atoms with Crippen LogP contribution in [0.2, 0.25) is 0 Å². The van der Waals surface area contributed by atoms with Crippen LogP contribution in [0.15, 0.2) is 28.9 Å². The van der Waals surface area contributed by atoms with Crippen LogP contribution in [0.4, 0.5) is 11.5 Å². The second-order valence-corrected chi connectivity index (χ2v) is 4.14. The number of carbonyl (C=O) groups is 1. The van der Waals surface area contributed by atoms with Crippen molar-refractivity contribution in [2.24, 2.45) is 0 Å². The van der Waals surface area contributed by atoms with Gasteiger partial charge in [-0.15, -0.1) is 0 Å². The van der Waals surface area contributed by atoms with Gasteiger partial charge in [-0.05, 0) is 48.4 Å². The van der Waals surface area contributed by atoms with E-state index in [1.165, 1.54) is 0 Å². The number of anilines is 2. The molecule has 0 aliphatic heterocycles. The summed E-state index contributed by atoms with van der Waals surface area (Å²) < 4.78 is 9.86. The van der Waals surface area contributed by atoms with Crippen molar-refractivity contribution in [2.75, 3.05) is 11.1 Å². The number of carbonyl (C=O) groups excluding carboxylic acids is 1. The fraction of sp³-hybridized carbons (Fsp3) is 0.250. The van der Waals surface area contributed by atoms with Crippen molar-refractivity contribution in [1.29, 1.82) is 0 Å². The predicted octanol–water partition coefficient (Wildman–Crippen LogP) is 1.69. The molecule has 0 spiro atoms. The fourth-order valence-corrected chi connectivity index (χ4v) is 1.43. The summed E-state index contributed by atoms with van der Waals surface area (Å²) in [6.07, 6.45) is 0.0986. The molecule has 100 valence electrons. The van der Waals surface area contributed by atoms with Gasteiger partial charge in [-0.2, -0.15) is 0 Å². The molecule has 0 aliphatic carbocycles. The van der Waals surface area contributed by atoms with E-state index in [1.54, 1.807) is 24.3 Å². The van der Waals surface area contributed by atoms with Crippen LogP contribution in [0.3, 0.4) is 0 Å². The lowest BCUT2D eigenvalue weighted by Crippen LogP contribution is -2.14. The lowest BCUT2D eigenvalue weighted by atomic mass is 10.3. The second-order valence-electron chi connectivity index (χ2n) is 4.14. The van der Waals surface area contributed by atoms with Crippen LogP contribution in [-0.4, -0.2) is 22.3 Å². The lowest BCUT2D eigenvalue weighted by molar-refractivity contribution is 0.101. The smallest absolute Gasteiger partial charge is 0.281 e. The van der Waals surface area contributed by atoms with E-state index in [2.05, 4.69) is 20.3 Å². The maximum atomic E-state index is 11.8. The zero-order chi connectivity index (χ0) is 13.8. The molecule has 7 heteroatoms. The number of rotatable bonds is 4. The fourth-order valence-electron chi connectivity index (χ4n) is 1.43. The monoisotopic (exact) mass is 262 g/mol. The molecule has 0 saturated carbocycles. The summed E-state index contributed by atoms with van der Waals surface area (Å²) in [5.41, 5.74) is 5.99. The van der Waals surface area contributed by atoms with E-state index in [1.807, 2.05) is 13.8 Å². The number of aromatic nitrogens is 2. The quantitative estimate of drug-likeness (QED) is 0.869. The third kappa shape index (κ3) is 3.21. The molecule has 0 radical (unpaired) electrons. The van der Waals surface area contributed by atoms with Crippen LogP contribution in [0.1, 0.15) is 24.3 Å². The number of amides is 1. The van der Waals surface area contributed by atoms with Gasteiger partial charge in [0.2, 0.25) is 11.5 Å². The molecule has 1 aromatic heterocycles. The SMILES string of the molecule is CC(C)Oc1ccc(NC(=O)c2nonc2N)cc1. The Labute approximate surface area is 109 Å². The Kier molecular flexibility index (Phi) is 3.65. The number of hydrogen-bond acceptors (Lipinski definition) is 6. The van der Waals surface area contributed by atoms with Gasteiger partial charge in [0.05, 0.1) is 6.10 Å². The number of nitrogens with one attached hydrogen (secondary N) is 1. The zero-order valence-corrected chi connectivity index (χ0v) is 10.6. The van der Waals surface area contributed by atoms with Gasteiger partial charge in [0, 0.05) is 5.69 Å². The van der Waals surface area contributed by atoms with E-state index in [9.17, 15) is 4.79 Å². The molecular weight excluding hydrogens is 248 g/mol. The number of nitrogen functional groups attached to an aromatic ring is 1. The van der Waals surface area contributed by atoms with Crippen molar-refractivity contribution in [2.45, 2.75) is 20.0 Å². The molecule has 0 bridgehead atoms. The molecule has 0 atom stereocenters. The highest BCUT2D eigenvalue weighted by Gasteiger charge is 2.15. The van der Waals surface area contributed by atoms with E-state index in [-0.39, 0.29) is 17.6 Å². The molecule has 19 heavy (non-hydrogen) atoms. The number of nitrogens with two attached hydrogens (primary N) is 1. The number of ether oxygens (including phenoxy) is 1. The van der Waals surface area contributed by atoms with Crippen molar-refractivity contribution in [1.82, 2.24) is 10.3 Å². The first-order chi connectivity index (χ1) is 9.06. The van der Waals surface area contributed by atoms with Crippen LogP contribution < -0.4 is 15.8 Å². The largest absolute Gasteiger partial charge is 0.491 e. The van der Waals surface area contributed by atoms with E-state index in [0.717, 1.165) is 5.75 Å². The molecule has 1 aromatic carbocycles. The number of benzene rings is 1. The maximum absolute atomic E-state index is 11.8. The van der Waals surface area contributed by atoms with Gasteiger partial charge in [-0.25, -0.2) is 4.63 Å². The van der Waals surface area contributed by atoms with Crippen molar-refractivity contribution in [3.63, 3.8) is 0 Å². The highest BCUT2D eigenvalue weighted by molar-refractivity contribution is 6.05. The van der Waals surface area contributed by atoms with Crippen LogP contribution in [0.5, 0.6) is 5.75 Å². The minimum absolute atomic E-state index is 0.0393. The van der Waals surface area contributed by atoms with Crippen LogP contribution in [0, 0.1) is 0 Å². The summed E-state index contributed by atoms with van der Waals surface area (Å²) >= 11 is 0. The Morgan fingerprint density at radius 2 is 2.00 bits per heavy atom. The first-order valence-electron chi connectivity index (χ1n) is 5.72. The van der Waals surface area contributed by atoms with Gasteiger partial charge in [0.15, 0.2) is 0 Å². The van der Waals surface area contributed by atoms with E-state index in [0.29, 0.717) is 5.69 Å². The Morgan fingerprint density at radius 1 is 1.32 bits per heavy atom. The molecule has 2 rings (SSSR count).